The first-order valence-electron chi connectivity index (χ1n) is 7.74. The summed E-state index contributed by atoms with van der Waals surface area (Å²) in [5.41, 5.74) is 1.17. The molecule has 0 aliphatic carbocycles. The molecule has 0 bridgehead atoms. The van der Waals surface area contributed by atoms with Crippen molar-refractivity contribution in [1.82, 2.24) is 15.2 Å². The number of carbonyl (C=O) groups is 1. The van der Waals surface area contributed by atoms with Crippen LogP contribution in [-0.4, -0.2) is 41.5 Å². The fourth-order valence-electron chi connectivity index (χ4n) is 2.89. The molecule has 116 valence electrons. The van der Waals surface area contributed by atoms with E-state index >= 15 is 0 Å². The van der Waals surface area contributed by atoms with Gasteiger partial charge in [-0.15, -0.1) is 0 Å². The largest absolute Gasteiger partial charge is 0.349 e. The van der Waals surface area contributed by atoms with Crippen molar-refractivity contribution in [3.63, 3.8) is 0 Å². The Hall–Kier alpha value is -2.01. The van der Waals surface area contributed by atoms with Gasteiger partial charge in [0.05, 0.1) is 11.1 Å². The maximum atomic E-state index is 13.3. The van der Waals surface area contributed by atoms with E-state index in [1.165, 1.54) is 12.1 Å². The Kier molecular flexibility index (Phi) is 4.34. The van der Waals surface area contributed by atoms with Gasteiger partial charge in [-0.2, -0.15) is 0 Å². The van der Waals surface area contributed by atoms with Gasteiger partial charge in [0.2, 0.25) is 0 Å². The molecule has 1 aromatic carbocycles. The van der Waals surface area contributed by atoms with Gasteiger partial charge in [-0.3, -0.25) is 9.78 Å². The molecule has 1 saturated heterocycles. The number of carbonyl (C=O) groups excluding carboxylic acids is 1. The maximum absolute atomic E-state index is 13.3. The van der Waals surface area contributed by atoms with Crippen LogP contribution in [0.1, 0.15) is 30.1 Å². The molecule has 0 saturated carbocycles. The lowest BCUT2D eigenvalue weighted by molar-refractivity contribution is 0.0912. The summed E-state index contributed by atoms with van der Waals surface area (Å²) in [6.07, 6.45) is 3.49. The van der Waals surface area contributed by atoms with Gasteiger partial charge in [0.1, 0.15) is 5.82 Å². The summed E-state index contributed by atoms with van der Waals surface area (Å²) in [4.78, 5) is 18.9. The maximum Gasteiger partial charge on any atom is 0.253 e. The highest BCUT2D eigenvalue weighted by Gasteiger charge is 2.20. The van der Waals surface area contributed by atoms with E-state index in [0.717, 1.165) is 32.5 Å². The summed E-state index contributed by atoms with van der Waals surface area (Å²) in [6, 6.07) is 6.29. The Balaban J connectivity index is 1.70. The van der Waals surface area contributed by atoms with E-state index < -0.39 is 0 Å². The summed E-state index contributed by atoms with van der Waals surface area (Å²) >= 11 is 0. The van der Waals surface area contributed by atoms with Crippen LogP contribution in [0.25, 0.3) is 10.9 Å². The van der Waals surface area contributed by atoms with Crippen molar-refractivity contribution in [2.24, 2.45) is 0 Å². The van der Waals surface area contributed by atoms with Gasteiger partial charge in [-0.25, -0.2) is 4.39 Å². The highest BCUT2D eigenvalue weighted by atomic mass is 19.1. The Morgan fingerprint density at radius 3 is 2.86 bits per heavy atom. The third kappa shape index (κ3) is 3.25. The number of hydrogen-bond acceptors (Lipinski definition) is 3. The van der Waals surface area contributed by atoms with Crippen LogP contribution in [0.15, 0.2) is 30.5 Å². The van der Waals surface area contributed by atoms with E-state index in [-0.39, 0.29) is 17.8 Å². The number of halogens is 1. The normalized spacial score (nSPS) is 16.8. The Labute approximate surface area is 129 Å². The highest BCUT2D eigenvalue weighted by Crippen LogP contribution is 2.16. The molecule has 0 atom stereocenters. The van der Waals surface area contributed by atoms with Crippen LogP contribution in [-0.2, 0) is 0 Å². The number of pyridine rings is 1. The van der Waals surface area contributed by atoms with Crippen LogP contribution in [0, 0.1) is 5.82 Å². The standard InChI is InChI=1S/C17H20FN3O/c1-2-21-7-5-15(6-8-21)20-17(22)13-9-12-10-14(18)3-4-16(12)19-11-13/h3-4,9-11,15H,2,5-8H2,1H3,(H,20,22). The minimum atomic E-state index is -0.321. The second-order valence-electron chi connectivity index (χ2n) is 5.74. The number of benzene rings is 1. The lowest BCUT2D eigenvalue weighted by atomic mass is 10.0. The SMILES string of the molecule is CCN1CCC(NC(=O)c2cnc3ccc(F)cc3c2)CC1. The average molecular weight is 301 g/mol. The predicted octanol–water partition coefficient (Wildman–Crippen LogP) is 2.59. The predicted molar refractivity (Wildman–Crippen MR) is 84.3 cm³/mol. The lowest BCUT2D eigenvalue weighted by Crippen LogP contribution is -2.44. The molecule has 1 aliphatic rings. The zero-order chi connectivity index (χ0) is 15.5. The van der Waals surface area contributed by atoms with E-state index in [4.69, 9.17) is 0 Å². The van der Waals surface area contributed by atoms with E-state index in [2.05, 4.69) is 22.1 Å². The number of nitrogens with one attached hydrogen (secondary N) is 1. The van der Waals surface area contributed by atoms with Gasteiger partial charge in [-0.05, 0) is 43.7 Å². The molecule has 0 radical (unpaired) electrons. The topological polar surface area (TPSA) is 45.2 Å². The highest BCUT2D eigenvalue weighted by molar-refractivity contribution is 5.97. The molecule has 0 spiro atoms. The first-order chi connectivity index (χ1) is 10.7. The second-order valence-corrected chi connectivity index (χ2v) is 5.74. The summed E-state index contributed by atoms with van der Waals surface area (Å²) < 4.78 is 13.3. The summed E-state index contributed by atoms with van der Waals surface area (Å²) in [7, 11) is 0. The Morgan fingerprint density at radius 1 is 1.36 bits per heavy atom. The molecular formula is C17H20FN3O. The number of likely N-dealkylation sites (tertiary alicyclic amines) is 1. The molecule has 1 N–H and O–H groups in total. The molecule has 4 nitrogen and oxygen atoms in total. The summed E-state index contributed by atoms with van der Waals surface area (Å²) in [5, 5.41) is 3.71. The zero-order valence-electron chi connectivity index (χ0n) is 12.7. The van der Waals surface area contributed by atoms with Crippen LogP contribution in [0.5, 0.6) is 0 Å². The van der Waals surface area contributed by atoms with Crippen molar-refractivity contribution < 1.29 is 9.18 Å². The van der Waals surface area contributed by atoms with E-state index in [1.807, 2.05) is 0 Å². The third-order valence-electron chi connectivity index (χ3n) is 4.28. The van der Waals surface area contributed by atoms with Crippen molar-refractivity contribution in [2.45, 2.75) is 25.8 Å². The number of rotatable bonds is 3. The second kappa shape index (κ2) is 6.40. The van der Waals surface area contributed by atoms with E-state index in [9.17, 15) is 9.18 Å². The molecule has 1 fully saturated rings. The van der Waals surface area contributed by atoms with Gasteiger partial charge in [-0.1, -0.05) is 6.92 Å². The summed E-state index contributed by atoms with van der Waals surface area (Å²) in [6.45, 7) is 5.24. The Bertz CT molecular complexity index is 681. The number of aromatic nitrogens is 1. The molecule has 1 aliphatic heterocycles. The van der Waals surface area contributed by atoms with Crippen molar-refractivity contribution in [1.29, 1.82) is 0 Å². The van der Waals surface area contributed by atoms with Gasteiger partial charge in [0, 0.05) is 30.7 Å². The molecule has 1 amide bonds. The number of fused-ring (bicyclic) bond motifs is 1. The van der Waals surface area contributed by atoms with Crippen molar-refractivity contribution >= 4 is 16.8 Å². The number of amides is 1. The van der Waals surface area contributed by atoms with Gasteiger partial charge in [0.15, 0.2) is 0 Å². The van der Waals surface area contributed by atoms with Crippen molar-refractivity contribution in [3.8, 4) is 0 Å². The average Bonchev–Trinajstić information content (AvgIpc) is 2.54. The molecule has 1 aromatic heterocycles. The van der Waals surface area contributed by atoms with Crippen LogP contribution >= 0.6 is 0 Å². The van der Waals surface area contributed by atoms with Gasteiger partial charge >= 0.3 is 0 Å². The first kappa shape index (κ1) is 14.9. The quantitative estimate of drug-likeness (QED) is 0.948. The summed E-state index contributed by atoms with van der Waals surface area (Å²) in [5.74, 6) is -0.451. The van der Waals surface area contributed by atoms with Crippen LogP contribution < -0.4 is 5.32 Å². The molecule has 2 aromatic rings. The number of hydrogen-bond donors (Lipinski definition) is 1. The fourth-order valence-corrected chi connectivity index (χ4v) is 2.89. The zero-order valence-corrected chi connectivity index (χ0v) is 12.7. The number of piperidine rings is 1. The van der Waals surface area contributed by atoms with Gasteiger partial charge in [0.25, 0.3) is 5.91 Å². The van der Waals surface area contributed by atoms with E-state index in [0.29, 0.717) is 16.5 Å². The minimum Gasteiger partial charge on any atom is -0.349 e. The first-order valence-corrected chi connectivity index (χ1v) is 7.74. The number of nitrogens with zero attached hydrogens (tertiary/aromatic N) is 2. The molecule has 2 heterocycles. The van der Waals surface area contributed by atoms with Crippen LogP contribution in [0.3, 0.4) is 0 Å². The van der Waals surface area contributed by atoms with Crippen LogP contribution in [0.2, 0.25) is 0 Å². The fraction of sp³-hybridized carbons (Fsp3) is 0.412. The third-order valence-corrected chi connectivity index (χ3v) is 4.28. The van der Waals surface area contributed by atoms with Crippen molar-refractivity contribution in [2.75, 3.05) is 19.6 Å². The smallest absolute Gasteiger partial charge is 0.253 e. The van der Waals surface area contributed by atoms with Crippen LogP contribution in [0.4, 0.5) is 4.39 Å². The molecule has 22 heavy (non-hydrogen) atoms. The molecular weight excluding hydrogens is 281 g/mol. The van der Waals surface area contributed by atoms with Crippen molar-refractivity contribution in [3.05, 3.63) is 41.8 Å². The molecule has 5 heteroatoms. The Morgan fingerprint density at radius 2 is 2.14 bits per heavy atom. The molecule has 3 rings (SSSR count). The molecule has 0 unspecified atom stereocenters. The van der Waals surface area contributed by atoms with Gasteiger partial charge < -0.3 is 10.2 Å². The van der Waals surface area contributed by atoms with E-state index in [1.54, 1.807) is 18.3 Å². The minimum absolute atomic E-state index is 0.131. The monoisotopic (exact) mass is 301 g/mol. The lowest BCUT2D eigenvalue weighted by Gasteiger charge is -2.31.